The molecule has 35 heavy (non-hydrogen) atoms. The van der Waals surface area contributed by atoms with E-state index in [0.717, 1.165) is 22.9 Å². The normalized spacial score (nSPS) is 19.5. The number of nitriles is 1. The molecule has 0 N–H and O–H groups in total. The number of hydrogen-bond acceptors (Lipinski definition) is 5. The summed E-state index contributed by atoms with van der Waals surface area (Å²) in [6.07, 6.45) is 0.574. The van der Waals surface area contributed by atoms with Gasteiger partial charge in [-0.2, -0.15) is 5.26 Å². The van der Waals surface area contributed by atoms with Gasteiger partial charge < -0.3 is 14.5 Å². The molecule has 2 aliphatic rings. The fraction of sp³-hybridized carbons (Fsp3) is 0.519. The molecule has 0 saturated carbocycles. The van der Waals surface area contributed by atoms with Crippen molar-refractivity contribution >= 4 is 11.7 Å². The molecule has 186 valence electrons. The summed E-state index contributed by atoms with van der Waals surface area (Å²) in [6.45, 7) is 12.1. The highest BCUT2D eigenvalue weighted by Gasteiger charge is 2.35. The van der Waals surface area contributed by atoms with Gasteiger partial charge in [0.05, 0.1) is 29.9 Å². The Kier molecular flexibility index (Phi) is 6.83. The van der Waals surface area contributed by atoms with Crippen LogP contribution in [0.15, 0.2) is 18.2 Å². The predicted octanol–water partition coefficient (Wildman–Crippen LogP) is 4.49. The van der Waals surface area contributed by atoms with Crippen molar-refractivity contribution in [2.24, 2.45) is 0 Å². The number of rotatable bonds is 4. The van der Waals surface area contributed by atoms with Crippen LogP contribution in [0.4, 0.5) is 14.6 Å². The molecule has 0 bridgehead atoms. The fourth-order valence-electron chi connectivity index (χ4n) is 5.11. The summed E-state index contributed by atoms with van der Waals surface area (Å²) in [5, 5.41) is 10.1. The standard InChI is InChI=1S/C27H32F2N4O2/c1-16(2)25-23-15-35-27(4,5)12-21(23)22(13-30)26(31-25)32-6-7-33(17(3)14-32)24(34)10-18-8-19(28)11-20(29)9-18/h8-9,11,16-17H,6-7,10,12,14-15H2,1-5H3/t17-/m1/s1. The number of amides is 1. The van der Waals surface area contributed by atoms with Crippen LogP contribution in [0.1, 0.15) is 68.5 Å². The van der Waals surface area contributed by atoms with Crippen LogP contribution in [-0.2, 0) is 29.0 Å². The first-order valence-electron chi connectivity index (χ1n) is 12.1. The van der Waals surface area contributed by atoms with Gasteiger partial charge >= 0.3 is 0 Å². The lowest BCUT2D eigenvalue weighted by Gasteiger charge is -2.42. The van der Waals surface area contributed by atoms with E-state index in [1.165, 1.54) is 12.1 Å². The molecule has 0 unspecified atom stereocenters. The van der Waals surface area contributed by atoms with Crippen LogP contribution in [0, 0.1) is 23.0 Å². The van der Waals surface area contributed by atoms with E-state index in [1.807, 2.05) is 20.8 Å². The molecule has 1 amide bonds. The molecule has 1 fully saturated rings. The van der Waals surface area contributed by atoms with Crippen LogP contribution in [0.3, 0.4) is 0 Å². The smallest absolute Gasteiger partial charge is 0.227 e. The zero-order valence-corrected chi connectivity index (χ0v) is 21.0. The van der Waals surface area contributed by atoms with Crippen LogP contribution in [0.25, 0.3) is 0 Å². The number of piperazine rings is 1. The Bertz CT molecular complexity index is 1170. The lowest BCUT2D eigenvalue weighted by atomic mass is 9.86. The van der Waals surface area contributed by atoms with Crippen molar-refractivity contribution in [3.63, 3.8) is 0 Å². The van der Waals surface area contributed by atoms with Crippen molar-refractivity contribution in [2.45, 2.75) is 71.6 Å². The number of fused-ring (bicyclic) bond motifs is 1. The van der Waals surface area contributed by atoms with Gasteiger partial charge in [-0.25, -0.2) is 13.8 Å². The number of carbonyl (C=O) groups is 1. The van der Waals surface area contributed by atoms with Gasteiger partial charge in [0.15, 0.2) is 0 Å². The highest BCUT2D eigenvalue weighted by atomic mass is 19.1. The summed E-state index contributed by atoms with van der Waals surface area (Å²) in [6, 6.07) is 5.43. The minimum absolute atomic E-state index is 0.0634. The molecular weight excluding hydrogens is 450 g/mol. The molecule has 8 heteroatoms. The van der Waals surface area contributed by atoms with Crippen LogP contribution in [0.2, 0.25) is 0 Å². The highest BCUT2D eigenvalue weighted by Crippen LogP contribution is 2.38. The van der Waals surface area contributed by atoms with Gasteiger partial charge in [0.1, 0.15) is 23.5 Å². The number of nitrogens with zero attached hydrogens (tertiary/aromatic N) is 4. The van der Waals surface area contributed by atoms with Gasteiger partial charge in [0.2, 0.25) is 5.91 Å². The Morgan fingerprint density at radius 2 is 1.91 bits per heavy atom. The number of benzene rings is 1. The van der Waals surface area contributed by atoms with E-state index < -0.39 is 11.6 Å². The maximum atomic E-state index is 13.6. The average Bonchev–Trinajstić information content (AvgIpc) is 2.76. The summed E-state index contributed by atoms with van der Waals surface area (Å²) in [5.74, 6) is -0.723. The maximum Gasteiger partial charge on any atom is 0.227 e. The highest BCUT2D eigenvalue weighted by molar-refractivity contribution is 5.79. The Balaban J connectivity index is 1.59. The quantitative estimate of drug-likeness (QED) is 0.643. The number of pyridine rings is 1. The Labute approximate surface area is 205 Å². The number of ether oxygens (including phenoxy) is 1. The van der Waals surface area contributed by atoms with E-state index in [0.29, 0.717) is 49.6 Å². The molecule has 2 aliphatic heterocycles. The predicted molar refractivity (Wildman–Crippen MR) is 129 cm³/mol. The maximum absolute atomic E-state index is 13.6. The largest absolute Gasteiger partial charge is 0.370 e. The van der Waals surface area contributed by atoms with Crippen LogP contribution in [-0.4, -0.2) is 47.1 Å². The third-order valence-corrected chi connectivity index (χ3v) is 6.82. The van der Waals surface area contributed by atoms with Gasteiger partial charge in [-0.15, -0.1) is 0 Å². The Morgan fingerprint density at radius 3 is 2.51 bits per heavy atom. The van der Waals surface area contributed by atoms with E-state index in [9.17, 15) is 18.8 Å². The summed E-state index contributed by atoms with van der Waals surface area (Å²) in [4.78, 5) is 21.7. The molecule has 1 aromatic heterocycles. The van der Waals surface area contributed by atoms with E-state index in [1.54, 1.807) is 4.90 Å². The van der Waals surface area contributed by atoms with E-state index in [4.69, 9.17) is 9.72 Å². The molecule has 0 aliphatic carbocycles. The Hall–Kier alpha value is -3.05. The molecule has 3 heterocycles. The summed E-state index contributed by atoms with van der Waals surface area (Å²) < 4.78 is 33.1. The lowest BCUT2D eigenvalue weighted by Crippen LogP contribution is -2.55. The number of halogens is 2. The monoisotopic (exact) mass is 482 g/mol. The van der Waals surface area contributed by atoms with Gasteiger partial charge in [-0.3, -0.25) is 4.79 Å². The summed E-state index contributed by atoms with van der Waals surface area (Å²) in [5.41, 5.74) is 3.52. The number of anilines is 1. The van der Waals surface area contributed by atoms with Crippen molar-refractivity contribution in [3.05, 3.63) is 57.8 Å². The molecule has 2 aromatic rings. The third kappa shape index (κ3) is 5.15. The zero-order valence-electron chi connectivity index (χ0n) is 21.0. The van der Waals surface area contributed by atoms with Crippen molar-refractivity contribution < 1.29 is 18.3 Å². The minimum atomic E-state index is -0.692. The second-order valence-electron chi connectivity index (χ2n) is 10.5. The summed E-state index contributed by atoms with van der Waals surface area (Å²) in [7, 11) is 0. The van der Waals surface area contributed by atoms with Crippen molar-refractivity contribution in [1.29, 1.82) is 5.26 Å². The molecule has 1 aromatic carbocycles. The van der Waals surface area contributed by atoms with Crippen LogP contribution >= 0.6 is 0 Å². The second kappa shape index (κ2) is 9.54. The molecule has 1 saturated heterocycles. The molecule has 4 rings (SSSR count). The zero-order chi connectivity index (χ0) is 25.5. The van der Waals surface area contributed by atoms with Gasteiger partial charge in [0.25, 0.3) is 0 Å². The molecule has 6 nitrogen and oxygen atoms in total. The van der Waals surface area contributed by atoms with Crippen molar-refractivity contribution in [2.75, 3.05) is 24.5 Å². The van der Waals surface area contributed by atoms with E-state index in [-0.39, 0.29) is 29.9 Å². The van der Waals surface area contributed by atoms with E-state index in [2.05, 4.69) is 24.8 Å². The average molecular weight is 483 g/mol. The summed E-state index contributed by atoms with van der Waals surface area (Å²) >= 11 is 0. The molecule has 0 spiro atoms. The fourth-order valence-corrected chi connectivity index (χ4v) is 5.11. The van der Waals surface area contributed by atoms with E-state index >= 15 is 0 Å². The topological polar surface area (TPSA) is 69.5 Å². The van der Waals surface area contributed by atoms with Gasteiger partial charge in [-0.1, -0.05) is 13.8 Å². The second-order valence-corrected chi connectivity index (χ2v) is 10.5. The van der Waals surface area contributed by atoms with Gasteiger partial charge in [0, 0.05) is 43.7 Å². The number of aromatic nitrogens is 1. The molecule has 0 radical (unpaired) electrons. The number of hydrogen-bond donors (Lipinski definition) is 0. The Morgan fingerprint density at radius 1 is 1.23 bits per heavy atom. The van der Waals surface area contributed by atoms with Crippen LogP contribution < -0.4 is 4.90 Å². The molecule has 1 atom stereocenters. The van der Waals surface area contributed by atoms with Crippen molar-refractivity contribution in [1.82, 2.24) is 9.88 Å². The minimum Gasteiger partial charge on any atom is -0.370 e. The van der Waals surface area contributed by atoms with Crippen LogP contribution in [0.5, 0.6) is 0 Å². The van der Waals surface area contributed by atoms with Gasteiger partial charge in [-0.05, 0) is 49.9 Å². The third-order valence-electron chi connectivity index (χ3n) is 6.82. The first-order valence-corrected chi connectivity index (χ1v) is 12.1. The SMILES string of the molecule is CC(C)c1nc(N2CCN(C(=O)Cc3cc(F)cc(F)c3)[C@H](C)C2)c(C#N)c2c1COC(C)(C)C2. The van der Waals surface area contributed by atoms with Crippen molar-refractivity contribution in [3.8, 4) is 6.07 Å². The number of carbonyl (C=O) groups excluding carboxylic acids is 1. The lowest BCUT2D eigenvalue weighted by molar-refractivity contribution is -0.132. The molecular formula is C27H32F2N4O2. The first kappa shape index (κ1) is 25.1. The first-order chi connectivity index (χ1) is 16.5.